The molecule has 0 aliphatic rings. The molecule has 0 fully saturated rings. The molecule has 2 aromatic rings. The van der Waals surface area contributed by atoms with E-state index in [-0.39, 0.29) is 12.3 Å². The van der Waals surface area contributed by atoms with Crippen LogP contribution < -0.4 is 5.32 Å². The molecule has 1 atom stereocenters. The first-order valence-electron chi connectivity index (χ1n) is 7.29. The highest BCUT2D eigenvalue weighted by Gasteiger charge is 2.22. The largest absolute Gasteiger partial charge is 0.481 e. The van der Waals surface area contributed by atoms with Crippen LogP contribution >= 0.6 is 11.6 Å². The lowest BCUT2D eigenvalue weighted by molar-refractivity contribution is -0.143. The Labute approximate surface area is 140 Å². The van der Waals surface area contributed by atoms with Crippen molar-refractivity contribution in [1.29, 1.82) is 0 Å². The van der Waals surface area contributed by atoms with Gasteiger partial charge in [-0.2, -0.15) is 0 Å². The van der Waals surface area contributed by atoms with Crippen LogP contribution in [-0.2, 0) is 16.0 Å². The normalized spacial score (nSPS) is 11.7. The number of hydrogen-bond donors (Lipinski definition) is 2. The zero-order valence-electron chi connectivity index (χ0n) is 12.8. The number of carbonyl (C=O) groups is 2. The van der Waals surface area contributed by atoms with Gasteiger partial charge in [0.05, 0.1) is 5.92 Å². The number of rotatable bonds is 6. The highest BCUT2D eigenvalue weighted by molar-refractivity contribution is 6.31. The van der Waals surface area contributed by atoms with E-state index in [1.54, 1.807) is 25.1 Å². The Kier molecular flexibility index (Phi) is 5.77. The molecule has 1 amide bonds. The lowest BCUT2D eigenvalue weighted by atomic mass is 9.96. The Morgan fingerprint density at radius 2 is 1.83 bits per heavy atom. The van der Waals surface area contributed by atoms with E-state index in [0.717, 1.165) is 11.1 Å². The zero-order valence-corrected chi connectivity index (χ0v) is 13.5. The number of anilines is 1. The van der Waals surface area contributed by atoms with E-state index < -0.39 is 11.9 Å². The SMILES string of the molecule is Cc1c(Cl)cccc1NC(=O)CC(Cc1ccccc1)C(=O)O. The van der Waals surface area contributed by atoms with Crippen LogP contribution in [0.1, 0.15) is 17.5 Å². The van der Waals surface area contributed by atoms with E-state index in [1.165, 1.54) is 0 Å². The fourth-order valence-corrected chi connectivity index (χ4v) is 2.49. The van der Waals surface area contributed by atoms with Gasteiger partial charge in [-0.3, -0.25) is 9.59 Å². The zero-order chi connectivity index (χ0) is 16.8. The monoisotopic (exact) mass is 331 g/mol. The van der Waals surface area contributed by atoms with Crippen LogP contribution in [-0.4, -0.2) is 17.0 Å². The second kappa shape index (κ2) is 7.79. The molecular weight excluding hydrogens is 314 g/mol. The predicted octanol–water partition coefficient (Wildman–Crippen LogP) is 3.92. The molecule has 2 aromatic carbocycles. The first-order chi connectivity index (χ1) is 11.0. The number of carboxylic acid groups (broad SMARTS) is 1. The summed E-state index contributed by atoms with van der Waals surface area (Å²) >= 11 is 6.02. The van der Waals surface area contributed by atoms with Crippen molar-refractivity contribution in [2.75, 3.05) is 5.32 Å². The molecule has 23 heavy (non-hydrogen) atoms. The molecule has 0 bridgehead atoms. The number of amides is 1. The van der Waals surface area contributed by atoms with E-state index in [9.17, 15) is 14.7 Å². The molecule has 0 radical (unpaired) electrons. The Hall–Kier alpha value is -2.33. The van der Waals surface area contributed by atoms with Gasteiger partial charge >= 0.3 is 5.97 Å². The van der Waals surface area contributed by atoms with E-state index in [4.69, 9.17) is 11.6 Å². The molecule has 5 heteroatoms. The van der Waals surface area contributed by atoms with Gasteiger partial charge in [0, 0.05) is 17.1 Å². The third-order valence-electron chi connectivity index (χ3n) is 3.65. The summed E-state index contributed by atoms with van der Waals surface area (Å²) in [5.41, 5.74) is 2.26. The summed E-state index contributed by atoms with van der Waals surface area (Å²) in [4.78, 5) is 23.6. The molecule has 2 N–H and O–H groups in total. The highest BCUT2D eigenvalue weighted by Crippen LogP contribution is 2.23. The second-order valence-electron chi connectivity index (χ2n) is 5.39. The van der Waals surface area contributed by atoms with Gasteiger partial charge in [-0.25, -0.2) is 0 Å². The molecule has 0 spiro atoms. The second-order valence-corrected chi connectivity index (χ2v) is 5.80. The van der Waals surface area contributed by atoms with Crippen molar-refractivity contribution in [3.8, 4) is 0 Å². The summed E-state index contributed by atoms with van der Waals surface area (Å²) in [6, 6.07) is 14.5. The molecule has 0 heterocycles. The fraction of sp³-hybridized carbons (Fsp3) is 0.222. The number of halogens is 1. The maximum absolute atomic E-state index is 12.2. The van der Waals surface area contributed by atoms with E-state index >= 15 is 0 Å². The van der Waals surface area contributed by atoms with Gasteiger partial charge in [0.2, 0.25) is 5.91 Å². The minimum Gasteiger partial charge on any atom is -0.481 e. The molecule has 120 valence electrons. The Balaban J connectivity index is 2.03. The number of benzene rings is 2. The van der Waals surface area contributed by atoms with Crippen LogP contribution in [0.15, 0.2) is 48.5 Å². The van der Waals surface area contributed by atoms with Crippen LogP contribution in [0.4, 0.5) is 5.69 Å². The van der Waals surface area contributed by atoms with Crippen molar-refractivity contribution in [2.45, 2.75) is 19.8 Å². The summed E-state index contributed by atoms with van der Waals surface area (Å²) in [7, 11) is 0. The molecule has 1 unspecified atom stereocenters. The van der Waals surface area contributed by atoms with Crippen molar-refractivity contribution in [1.82, 2.24) is 0 Å². The fourth-order valence-electron chi connectivity index (χ4n) is 2.31. The number of carbonyl (C=O) groups excluding carboxylic acids is 1. The minimum absolute atomic E-state index is 0.0871. The number of nitrogens with one attached hydrogen (secondary N) is 1. The quantitative estimate of drug-likeness (QED) is 0.843. The van der Waals surface area contributed by atoms with Crippen molar-refractivity contribution in [3.05, 3.63) is 64.7 Å². The Morgan fingerprint density at radius 1 is 1.13 bits per heavy atom. The molecule has 0 aromatic heterocycles. The highest BCUT2D eigenvalue weighted by atomic mass is 35.5. The lowest BCUT2D eigenvalue weighted by Gasteiger charge is -2.14. The first kappa shape index (κ1) is 17.0. The van der Waals surface area contributed by atoms with Gasteiger partial charge in [0.1, 0.15) is 0 Å². The summed E-state index contributed by atoms with van der Waals surface area (Å²) in [6.45, 7) is 1.80. The Morgan fingerprint density at radius 3 is 2.48 bits per heavy atom. The maximum Gasteiger partial charge on any atom is 0.307 e. The van der Waals surface area contributed by atoms with Gasteiger partial charge in [0.15, 0.2) is 0 Å². The number of carboxylic acids is 1. The van der Waals surface area contributed by atoms with Crippen molar-refractivity contribution in [2.24, 2.45) is 5.92 Å². The third kappa shape index (κ3) is 4.83. The van der Waals surface area contributed by atoms with Gasteiger partial charge < -0.3 is 10.4 Å². The van der Waals surface area contributed by atoms with Crippen molar-refractivity contribution in [3.63, 3.8) is 0 Å². The smallest absolute Gasteiger partial charge is 0.307 e. The van der Waals surface area contributed by atoms with Gasteiger partial charge in [0.25, 0.3) is 0 Å². The van der Waals surface area contributed by atoms with Gasteiger partial charge in [-0.1, -0.05) is 48.0 Å². The minimum atomic E-state index is -0.980. The first-order valence-corrected chi connectivity index (χ1v) is 7.67. The molecule has 0 aliphatic heterocycles. The topological polar surface area (TPSA) is 66.4 Å². The van der Waals surface area contributed by atoms with Crippen LogP contribution in [0.2, 0.25) is 5.02 Å². The van der Waals surface area contributed by atoms with Crippen LogP contribution in [0.3, 0.4) is 0 Å². The molecule has 0 saturated carbocycles. The lowest BCUT2D eigenvalue weighted by Crippen LogP contribution is -2.24. The van der Waals surface area contributed by atoms with Crippen molar-refractivity contribution >= 4 is 29.2 Å². The van der Waals surface area contributed by atoms with Gasteiger partial charge in [-0.15, -0.1) is 0 Å². The van der Waals surface area contributed by atoms with Crippen molar-refractivity contribution < 1.29 is 14.7 Å². The average molecular weight is 332 g/mol. The maximum atomic E-state index is 12.2. The molecule has 0 aliphatic carbocycles. The standard InChI is InChI=1S/C18H18ClNO3/c1-12-15(19)8-5-9-16(12)20-17(21)11-14(18(22)23)10-13-6-3-2-4-7-13/h2-9,14H,10-11H2,1H3,(H,20,21)(H,22,23). The summed E-state index contributed by atoms with van der Waals surface area (Å²) in [6.07, 6.45) is 0.230. The number of hydrogen-bond acceptors (Lipinski definition) is 2. The molecule has 2 rings (SSSR count). The summed E-state index contributed by atoms with van der Waals surface area (Å²) < 4.78 is 0. The van der Waals surface area contributed by atoms with E-state index in [2.05, 4.69) is 5.32 Å². The molecule has 0 saturated heterocycles. The molecular formula is C18H18ClNO3. The van der Waals surface area contributed by atoms with E-state index in [1.807, 2.05) is 30.3 Å². The molecule has 4 nitrogen and oxygen atoms in total. The van der Waals surface area contributed by atoms with Crippen LogP contribution in [0.25, 0.3) is 0 Å². The average Bonchev–Trinajstić information content (AvgIpc) is 2.52. The third-order valence-corrected chi connectivity index (χ3v) is 4.06. The predicted molar refractivity (Wildman–Crippen MR) is 90.7 cm³/mol. The summed E-state index contributed by atoms with van der Waals surface area (Å²) in [5, 5.41) is 12.6. The van der Waals surface area contributed by atoms with Crippen LogP contribution in [0, 0.1) is 12.8 Å². The van der Waals surface area contributed by atoms with Crippen LogP contribution in [0.5, 0.6) is 0 Å². The summed E-state index contributed by atoms with van der Waals surface area (Å²) in [5.74, 6) is -2.08. The number of aliphatic carboxylic acids is 1. The van der Waals surface area contributed by atoms with E-state index in [0.29, 0.717) is 17.1 Å². The van der Waals surface area contributed by atoms with Gasteiger partial charge in [-0.05, 0) is 36.6 Å². The Bertz CT molecular complexity index is 701.